The second kappa shape index (κ2) is 3.89. The third kappa shape index (κ3) is 2.53. The van der Waals surface area contributed by atoms with E-state index in [1.165, 1.54) is 0 Å². The van der Waals surface area contributed by atoms with Crippen LogP contribution in [0.15, 0.2) is 12.1 Å². The fourth-order valence-corrected chi connectivity index (χ4v) is 1.29. The zero-order valence-corrected chi connectivity index (χ0v) is 7.08. The smallest absolute Gasteiger partial charge is 0.194 e. The summed E-state index contributed by atoms with van der Waals surface area (Å²) in [6.45, 7) is 0. The molecule has 0 bridgehead atoms. The predicted molar refractivity (Wildman–Crippen MR) is 40.8 cm³/mol. The van der Waals surface area contributed by atoms with E-state index in [4.69, 9.17) is 4.55 Å². The summed E-state index contributed by atoms with van der Waals surface area (Å²) in [5.41, 5.74) is -0.0581. The normalized spacial score (nSPS) is 12.9. The Hall–Kier alpha value is -0.880. The zero-order chi connectivity index (χ0) is 10.0. The van der Waals surface area contributed by atoms with Crippen LogP contribution in [0.2, 0.25) is 0 Å². The summed E-state index contributed by atoms with van der Waals surface area (Å²) in [6.07, 6.45) is 0. The second-order valence-electron chi connectivity index (χ2n) is 2.34. The molecule has 1 unspecified atom stereocenters. The summed E-state index contributed by atoms with van der Waals surface area (Å²) >= 11 is -2.20. The summed E-state index contributed by atoms with van der Waals surface area (Å²) in [5, 5.41) is 0. The quantitative estimate of drug-likeness (QED) is 0.597. The van der Waals surface area contributed by atoms with Crippen LogP contribution in [0.25, 0.3) is 0 Å². The standard InChI is InChI=1S/C7H5F3O2S/c8-5-1-4(3-13(11)12)2-6(9)7(5)10/h1-2H,3H2,(H,11,12). The Morgan fingerprint density at radius 2 is 1.69 bits per heavy atom. The molecular formula is C7H5F3O2S. The Morgan fingerprint density at radius 3 is 2.08 bits per heavy atom. The molecule has 1 aromatic carbocycles. The highest BCUT2D eigenvalue weighted by molar-refractivity contribution is 7.78. The van der Waals surface area contributed by atoms with E-state index in [2.05, 4.69) is 0 Å². The van der Waals surface area contributed by atoms with Gasteiger partial charge in [-0.05, 0) is 17.7 Å². The van der Waals surface area contributed by atoms with Crippen LogP contribution in [0.4, 0.5) is 13.2 Å². The number of hydrogen-bond donors (Lipinski definition) is 1. The fourth-order valence-electron chi connectivity index (χ4n) is 0.834. The molecule has 0 saturated heterocycles. The van der Waals surface area contributed by atoms with Crippen LogP contribution in [0.5, 0.6) is 0 Å². The molecule has 1 rings (SSSR count). The molecule has 2 nitrogen and oxygen atoms in total. The predicted octanol–water partition coefficient (Wildman–Crippen LogP) is 1.83. The van der Waals surface area contributed by atoms with Crippen LogP contribution in [0.3, 0.4) is 0 Å². The molecule has 0 amide bonds. The van der Waals surface area contributed by atoms with Gasteiger partial charge in [0.05, 0.1) is 5.75 Å². The van der Waals surface area contributed by atoms with Crippen molar-refractivity contribution in [2.45, 2.75) is 5.75 Å². The fraction of sp³-hybridized carbons (Fsp3) is 0.143. The van der Waals surface area contributed by atoms with Crippen LogP contribution in [0.1, 0.15) is 5.56 Å². The molecular weight excluding hydrogens is 205 g/mol. The van der Waals surface area contributed by atoms with Gasteiger partial charge in [-0.1, -0.05) is 0 Å². The van der Waals surface area contributed by atoms with Crippen LogP contribution in [-0.2, 0) is 16.8 Å². The van der Waals surface area contributed by atoms with Crippen LogP contribution in [-0.4, -0.2) is 8.76 Å². The van der Waals surface area contributed by atoms with E-state index in [1.807, 2.05) is 0 Å². The highest BCUT2D eigenvalue weighted by Crippen LogP contribution is 2.14. The molecule has 0 aliphatic rings. The van der Waals surface area contributed by atoms with Gasteiger partial charge in [-0.3, -0.25) is 0 Å². The highest BCUT2D eigenvalue weighted by atomic mass is 32.2. The molecule has 0 fully saturated rings. The van der Waals surface area contributed by atoms with Crippen molar-refractivity contribution in [1.82, 2.24) is 0 Å². The molecule has 0 aromatic heterocycles. The maximum Gasteiger partial charge on any atom is 0.194 e. The molecule has 0 aliphatic heterocycles. The third-order valence-electron chi connectivity index (χ3n) is 1.33. The number of hydrogen-bond acceptors (Lipinski definition) is 1. The molecule has 72 valence electrons. The van der Waals surface area contributed by atoms with E-state index in [0.29, 0.717) is 12.1 Å². The molecule has 0 radical (unpaired) electrons. The Kier molecular flexibility index (Phi) is 3.05. The van der Waals surface area contributed by atoms with Crippen molar-refractivity contribution in [2.75, 3.05) is 0 Å². The van der Waals surface area contributed by atoms with E-state index < -0.39 is 34.3 Å². The minimum absolute atomic E-state index is 0.0581. The van der Waals surface area contributed by atoms with Gasteiger partial charge in [-0.2, -0.15) is 0 Å². The summed E-state index contributed by atoms with van der Waals surface area (Å²) < 4.78 is 56.0. The van der Waals surface area contributed by atoms with Gasteiger partial charge in [0.2, 0.25) is 0 Å². The van der Waals surface area contributed by atoms with Gasteiger partial charge in [-0.15, -0.1) is 0 Å². The molecule has 0 spiro atoms. The molecule has 0 saturated carbocycles. The Bertz CT molecular complexity index is 331. The van der Waals surface area contributed by atoms with Gasteiger partial charge >= 0.3 is 0 Å². The lowest BCUT2D eigenvalue weighted by Gasteiger charge is -1.99. The zero-order valence-electron chi connectivity index (χ0n) is 6.26. The van der Waals surface area contributed by atoms with Crippen molar-refractivity contribution >= 4 is 11.1 Å². The van der Waals surface area contributed by atoms with Crippen molar-refractivity contribution in [3.63, 3.8) is 0 Å². The minimum atomic E-state index is -2.20. The first-order valence-electron chi connectivity index (χ1n) is 3.21. The summed E-state index contributed by atoms with van der Waals surface area (Å²) in [6, 6.07) is 1.37. The molecule has 0 aliphatic carbocycles. The van der Waals surface area contributed by atoms with Gasteiger partial charge in [0.15, 0.2) is 28.5 Å². The average Bonchev–Trinajstić information content (AvgIpc) is 1.98. The lowest BCUT2D eigenvalue weighted by molar-refractivity contribution is 0.445. The van der Waals surface area contributed by atoms with E-state index in [1.54, 1.807) is 0 Å². The van der Waals surface area contributed by atoms with E-state index in [0.717, 1.165) is 0 Å². The SMILES string of the molecule is O=S(O)Cc1cc(F)c(F)c(F)c1. The van der Waals surface area contributed by atoms with Crippen molar-refractivity contribution in [3.8, 4) is 0 Å². The monoisotopic (exact) mass is 210 g/mol. The van der Waals surface area contributed by atoms with Crippen LogP contribution in [0, 0.1) is 17.5 Å². The van der Waals surface area contributed by atoms with Crippen LogP contribution >= 0.6 is 0 Å². The van der Waals surface area contributed by atoms with Gasteiger partial charge in [0, 0.05) is 0 Å². The second-order valence-corrected chi connectivity index (χ2v) is 3.27. The first kappa shape index (κ1) is 10.2. The third-order valence-corrected chi connectivity index (χ3v) is 1.91. The van der Waals surface area contributed by atoms with Gasteiger partial charge < -0.3 is 4.55 Å². The number of benzene rings is 1. The first-order chi connectivity index (χ1) is 6.00. The average molecular weight is 210 g/mol. The highest BCUT2D eigenvalue weighted by Gasteiger charge is 2.11. The summed E-state index contributed by atoms with van der Waals surface area (Å²) in [7, 11) is 0. The number of rotatable bonds is 2. The largest absolute Gasteiger partial charge is 0.306 e. The first-order valence-corrected chi connectivity index (χ1v) is 4.49. The van der Waals surface area contributed by atoms with Crippen molar-refractivity contribution in [1.29, 1.82) is 0 Å². The topological polar surface area (TPSA) is 37.3 Å². The summed E-state index contributed by atoms with van der Waals surface area (Å²) in [5.74, 6) is -4.72. The van der Waals surface area contributed by atoms with Gasteiger partial charge in [-0.25, -0.2) is 17.4 Å². The van der Waals surface area contributed by atoms with Gasteiger partial charge in [0.1, 0.15) is 0 Å². The number of halogens is 3. The molecule has 0 heterocycles. The molecule has 13 heavy (non-hydrogen) atoms. The van der Waals surface area contributed by atoms with E-state index in [9.17, 15) is 17.4 Å². The molecule has 1 N–H and O–H groups in total. The molecule has 6 heteroatoms. The molecule has 1 atom stereocenters. The maximum atomic E-state index is 12.5. The van der Waals surface area contributed by atoms with E-state index in [-0.39, 0.29) is 5.56 Å². The summed E-state index contributed by atoms with van der Waals surface area (Å²) in [4.78, 5) is 0. The lowest BCUT2D eigenvalue weighted by Crippen LogP contribution is -1.98. The van der Waals surface area contributed by atoms with Crippen molar-refractivity contribution < 1.29 is 21.9 Å². The minimum Gasteiger partial charge on any atom is -0.306 e. The van der Waals surface area contributed by atoms with E-state index >= 15 is 0 Å². The lowest BCUT2D eigenvalue weighted by atomic mass is 10.2. The maximum absolute atomic E-state index is 12.5. The Labute approximate surface area is 74.7 Å². The van der Waals surface area contributed by atoms with Crippen LogP contribution < -0.4 is 0 Å². The van der Waals surface area contributed by atoms with Crippen molar-refractivity contribution in [3.05, 3.63) is 35.1 Å². The Balaban J connectivity index is 3.06. The molecule has 1 aromatic rings. The van der Waals surface area contributed by atoms with Gasteiger partial charge in [0.25, 0.3) is 0 Å². The Morgan fingerprint density at radius 1 is 1.23 bits per heavy atom. The van der Waals surface area contributed by atoms with Crippen molar-refractivity contribution in [2.24, 2.45) is 0 Å².